The van der Waals surface area contributed by atoms with Crippen LogP contribution < -0.4 is 21.3 Å². The van der Waals surface area contributed by atoms with E-state index in [4.69, 9.17) is 11.6 Å². The second-order valence-corrected chi connectivity index (χ2v) is 5.01. The normalized spacial score (nSPS) is 10.0. The molecule has 0 aromatic heterocycles. The summed E-state index contributed by atoms with van der Waals surface area (Å²) in [5.74, 6) is -1.19. The van der Waals surface area contributed by atoms with Crippen molar-refractivity contribution in [2.24, 2.45) is 0 Å². The minimum absolute atomic E-state index is 0.116. The van der Waals surface area contributed by atoms with E-state index in [0.29, 0.717) is 6.42 Å². The fraction of sp³-hybridized carbons (Fsp3) is 0.778. The predicted octanol–water partition coefficient (Wildman–Crippen LogP) is 1.32. The lowest BCUT2D eigenvalue weighted by atomic mass is 10.1. The van der Waals surface area contributed by atoms with E-state index in [1.54, 1.807) is 13.8 Å². The zero-order chi connectivity index (χ0) is 21.7. The maximum atomic E-state index is 12.1. The number of halogens is 1. The summed E-state index contributed by atoms with van der Waals surface area (Å²) in [6.07, 6.45) is 0.909. The van der Waals surface area contributed by atoms with Gasteiger partial charge >= 0.3 is 0 Å². The Morgan fingerprint density at radius 2 is 1.22 bits per heavy atom. The van der Waals surface area contributed by atoms with Crippen LogP contribution in [-0.2, 0) is 19.2 Å². The molecule has 27 heavy (non-hydrogen) atoms. The molecule has 1 atom stereocenters. The Bertz CT molecular complexity index is 420. The third kappa shape index (κ3) is 18.8. The molecule has 8 nitrogen and oxygen atoms in total. The summed E-state index contributed by atoms with van der Waals surface area (Å²) in [6.45, 7) is 12.2. The Balaban J connectivity index is -0.00000134. The van der Waals surface area contributed by atoms with Gasteiger partial charge in [-0.05, 0) is 6.42 Å². The molecule has 0 fully saturated rings. The van der Waals surface area contributed by atoms with E-state index in [1.165, 1.54) is 0 Å². The van der Waals surface area contributed by atoms with E-state index in [0.717, 1.165) is 0 Å². The fourth-order valence-corrected chi connectivity index (χ4v) is 1.70. The fourth-order valence-electron chi connectivity index (χ4n) is 1.60. The molecule has 0 radical (unpaired) electrons. The Hall–Kier alpha value is -1.83. The average Bonchev–Trinajstić information content (AvgIpc) is 2.72. The first-order chi connectivity index (χ1) is 12.9. The molecule has 4 amide bonds. The van der Waals surface area contributed by atoms with E-state index in [9.17, 15) is 19.2 Å². The van der Waals surface area contributed by atoms with Crippen LogP contribution in [0.5, 0.6) is 0 Å². The molecule has 0 saturated heterocycles. The van der Waals surface area contributed by atoms with Crippen LogP contribution in [0.1, 0.15) is 60.8 Å². The van der Waals surface area contributed by atoms with Crippen molar-refractivity contribution < 1.29 is 19.2 Å². The number of amides is 4. The molecule has 4 N–H and O–H groups in total. The molecule has 0 rings (SSSR count). The third-order valence-electron chi connectivity index (χ3n) is 2.92. The van der Waals surface area contributed by atoms with Crippen LogP contribution >= 0.6 is 11.6 Å². The summed E-state index contributed by atoms with van der Waals surface area (Å²) in [5.41, 5.74) is 0. The van der Waals surface area contributed by atoms with Crippen LogP contribution in [0.25, 0.3) is 0 Å². The first-order valence-corrected chi connectivity index (χ1v) is 10.1. The van der Waals surface area contributed by atoms with Gasteiger partial charge in [0, 0.05) is 32.5 Å². The van der Waals surface area contributed by atoms with E-state index >= 15 is 0 Å². The number of hydrogen-bond acceptors (Lipinski definition) is 4. The summed E-state index contributed by atoms with van der Waals surface area (Å²) in [4.78, 5) is 45.7. The van der Waals surface area contributed by atoms with Gasteiger partial charge in [-0.1, -0.05) is 41.5 Å². The first kappa shape index (κ1) is 29.9. The topological polar surface area (TPSA) is 116 Å². The smallest absolute Gasteiger partial charge is 0.242 e. The molecule has 0 aromatic rings. The van der Waals surface area contributed by atoms with Gasteiger partial charge in [0.15, 0.2) is 0 Å². The lowest BCUT2D eigenvalue weighted by Gasteiger charge is -2.18. The van der Waals surface area contributed by atoms with Gasteiger partial charge in [-0.2, -0.15) is 0 Å². The maximum Gasteiger partial charge on any atom is 0.242 e. The molecule has 0 bridgehead atoms. The Kier molecular flexibility index (Phi) is 24.6. The highest BCUT2D eigenvalue weighted by atomic mass is 35.5. The Morgan fingerprint density at radius 1 is 0.741 bits per heavy atom. The van der Waals surface area contributed by atoms with Crippen LogP contribution in [0.15, 0.2) is 0 Å². The van der Waals surface area contributed by atoms with Crippen molar-refractivity contribution in [2.45, 2.75) is 66.8 Å². The minimum Gasteiger partial charge on any atom is -0.356 e. The maximum absolute atomic E-state index is 12.1. The summed E-state index contributed by atoms with van der Waals surface area (Å²) in [7, 11) is 0. The zero-order valence-electron chi connectivity index (χ0n) is 17.5. The molecule has 0 saturated carbocycles. The van der Waals surface area contributed by atoms with Crippen molar-refractivity contribution in [1.29, 1.82) is 0 Å². The van der Waals surface area contributed by atoms with Crippen LogP contribution in [0.2, 0.25) is 0 Å². The van der Waals surface area contributed by atoms with Crippen molar-refractivity contribution in [3.63, 3.8) is 0 Å². The lowest BCUT2D eigenvalue weighted by Crippen LogP contribution is -2.49. The van der Waals surface area contributed by atoms with Crippen LogP contribution in [0.3, 0.4) is 0 Å². The molecule has 160 valence electrons. The standard InChI is InChI=1S/C14H25ClN4O4.2C2H6/c1-3-11(20)16-6-5-10(19-12(21)4-2)14(23)18-8-7-17-13(22)9-15;2*1-2/h10H,3-9H2,1-2H3,(H,16,20)(H,17,22)(H,18,23)(H,19,21);2*1-2H3. The number of carbonyl (C=O) groups excluding carboxylic acids is 4. The molecule has 0 heterocycles. The van der Waals surface area contributed by atoms with Crippen molar-refractivity contribution in [2.75, 3.05) is 25.5 Å². The van der Waals surface area contributed by atoms with Crippen molar-refractivity contribution in [1.82, 2.24) is 21.3 Å². The lowest BCUT2D eigenvalue weighted by molar-refractivity contribution is -0.129. The average molecular weight is 409 g/mol. The largest absolute Gasteiger partial charge is 0.356 e. The summed E-state index contributed by atoms with van der Waals surface area (Å²) >= 11 is 5.33. The van der Waals surface area contributed by atoms with Gasteiger partial charge in [0.25, 0.3) is 0 Å². The Morgan fingerprint density at radius 3 is 1.70 bits per heavy atom. The zero-order valence-corrected chi connectivity index (χ0v) is 18.3. The highest BCUT2D eigenvalue weighted by Crippen LogP contribution is 1.94. The summed E-state index contributed by atoms with van der Waals surface area (Å²) < 4.78 is 0. The van der Waals surface area contributed by atoms with Crippen molar-refractivity contribution in [3.8, 4) is 0 Å². The van der Waals surface area contributed by atoms with Gasteiger partial charge in [-0.15, -0.1) is 11.6 Å². The quantitative estimate of drug-likeness (QED) is 0.304. The van der Waals surface area contributed by atoms with Crippen LogP contribution in [0, 0.1) is 0 Å². The monoisotopic (exact) mass is 408 g/mol. The SMILES string of the molecule is CC.CC.CCC(=O)NCCC(NC(=O)CC)C(=O)NCCNC(=O)CCl. The summed E-state index contributed by atoms with van der Waals surface area (Å²) in [5, 5.41) is 10.4. The van der Waals surface area contributed by atoms with E-state index in [2.05, 4.69) is 21.3 Å². The third-order valence-corrected chi connectivity index (χ3v) is 3.16. The molecule has 1 unspecified atom stereocenters. The molecule has 0 aliphatic heterocycles. The number of rotatable bonds is 11. The van der Waals surface area contributed by atoms with Gasteiger partial charge in [0.2, 0.25) is 23.6 Å². The molecule has 0 aromatic carbocycles. The number of hydrogen-bond donors (Lipinski definition) is 4. The van der Waals surface area contributed by atoms with Crippen LogP contribution in [0.4, 0.5) is 0 Å². The number of carbonyl (C=O) groups is 4. The Labute approximate surface area is 168 Å². The van der Waals surface area contributed by atoms with E-state index in [1.807, 2.05) is 27.7 Å². The van der Waals surface area contributed by atoms with Gasteiger partial charge in [0.1, 0.15) is 11.9 Å². The molecule has 0 aliphatic carbocycles. The molecule has 9 heteroatoms. The molecule has 0 aliphatic rings. The minimum atomic E-state index is -0.733. The van der Waals surface area contributed by atoms with Crippen molar-refractivity contribution in [3.05, 3.63) is 0 Å². The predicted molar refractivity (Wildman–Crippen MR) is 110 cm³/mol. The first-order valence-electron chi connectivity index (χ1n) is 9.60. The van der Waals surface area contributed by atoms with Crippen LogP contribution in [-0.4, -0.2) is 55.2 Å². The highest BCUT2D eigenvalue weighted by molar-refractivity contribution is 6.27. The molecule has 0 spiro atoms. The van der Waals surface area contributed by atoms with E-state index < -0.39 is 6.04 Å². The molecular weight excluding hydrogens is 372 g/mol. The van der Waals surface area contributed by atoms with E-state index in [-0.39, 0.29) is 62.0 Å². The second-order valence-electron chi connectivity index (χ2n) is 4.74. The molecular formula is C18H37ClN4O4. The number of alkyl halides is 1. The van der Waals surface area contributed by atoms with Gasteiger partial charge in [-0.25, -0.2) is 0 Å². The van der Waals surface area contributed by atoms with Gasteiger partial charge < -0.3 is 21.3 Å². The van der Waals surface area contributed by atoms with Gasteiger partial charge in [0.05, 0.1) is 0 Å². The summed E-state index contributed by atoms with van der Waals surface area (Å²) in [6, 6.07) is -0.733. The number of nitrogens with one attached hydrogen (secondary N) is 4. The van der Waals surface area contributed by atoms with Crippen molar-refractivity contribution >= 4 is 35.2 Å². The van der Waals surface area contributed by atoms with Gasteiger partial charge in [-0.3, -0.25) is 19.2 Å². The second kappa shape index (κ2) is 22.2. The highest BCUT2D eigenvalue weighted by Gasteiger charge is 2.19.